The zero-order valence-electron chi connectivity index (χ0n) is 15.3. The molecule has 0 spiro atoms. The minimum absolute atomic E-state index is 0.0576. The second kappa shape index (κ2) is 5.97. The molecular weight excluding hydrogens is 369 g/mol. The van der Waals surface area contributed by atoms with Gasteiger partial charge < -0.3 is 16.5 Å². The maximum absolute atomic E-state index is 13.5. The normalized spacial score (nSPS) is 31.7. The molecule has 0 amide bonds. The first-order chi connectivity index (χ1) is 13.3. The van der Waals surface area contributed by atoms with Crippen molar-refractivity contribution in [2.24, 2.45) is 16.8 Å². The van der Waals surface area contributed by atoms with Crippen molar-refractivity contribution in [2.75, 3.05) is 0 Å². The number of hydrogen-bond acceptors (Lipinski definition) is 5. The van der Waals surface area contributed by atoms with Crippen LogP contribution in [0.15, 0.2) is 45.9 Å². The smallest absolute Gasteiger partial charge is 0.374 e. The summed E-state index contributed by atoms with van der Waals surface area (Å²) in [5, 5.41) is 13.6. The third-order valence-corrected chi connectivity index (χ3v) is 6.14. The molecule has 0 fully saturated rings. The number of rotatable bonds is 1. The van der Waals surface area contributed by atoms with Crippen molar-refractivity contribution in [1.82, 2.24) is 20.9 Å². The lowest BCUT2D eigenvalue weighted by Crippen LogP contribution is -2.41. The van der Waals surface area contributed by atoms with E-state index < -0.39 is 17.9 Å². The summed E-state index contributed by atoms with van der Waals surface area (Å²) in [7, 11) is 0. The Hall–Kier alpha value is -2.55. The molecule has 3 heterocycles. The second-order valence-electron chi connectivity index (χ2n) is 7.85. The molecule has 5 rings (SSSR count). The summed E-state index contributed by atoms with van der Waals surface area (Å²) < 4.78 is 40.5. The third kappa shape index (κ3) is 2.52. The molecule has 9 heteroatoms. The zero-order chi connectivity index (χ0) is 19.6. The lowest BCUT2D eigenvalue weighted by molar-refractivity contribution is -0.142. The average Bonchev–Trinajstić information content (AvgIpc) is 3.27. The molecule has 0 saturated heterocycles. The van der Waals surface area contributed by atoms with E-state index in [1.807, 2.05) is 19.1 Å². The molecule has 148 valence electrons. The predicted octanol–water partition coefficient (Wildman–Crippen LogP) is 2.67. The van der Waals surface area contributed by atoms with Crippen molar-refractivity contribution < 1.29 is 13.2 Å². The van der Waals surface area contributed by atoms with Gasteiger partial charge in [0.05, 0.1) is 24.2 Å². The van der Waals surface area contributed by atoms with Crippen LogP contribution in [-0.4, -0.2) is 28.0 Å². The van der Waals surface area contributed by atoms with E-state index in [0.717, 1.165) is 41.0 Å². The van der Waals surface area contributed by atoms with Crippen LogP contribution < -0.4 is 16.5 Å². The number of alkyl halides is 3. The van der Waals surface area contributed by atoms with Gasteiger partial charge in [-0.1, -0.05) is 6.08 Å². The zero-order valence-corrected chi connectivity index (χ0v) is 15.3. The number of aromatic nitrogens is 2. The monoisotopic (exact) mass is 390 g/mol. The van der Waals surface area contributed by atoms with Crippen LogP contribution in [0.4, 0.5) is 13.2 Å². The van der Waals surface area contributed by atoms with Crippen LogP contribution >= 0.6 is 0 Å². The molecule has 4 aliphatic rings. The van der Waals surface area contributed by atoms with Gasteiger partial charge in [-0.25, -0.2) is 0 Å². The summed E-state index contributed by atoms with van der Waals surface area (Å²) in [6.45, 7) is 1.99. The highest BCUT2D eigenvalue weighted by atomic mass is 19.4. The van der Waals surface area contributed by atoms with Gasteiger partial charge in [-0.2, -0.15) is 23.4 Å². The van der Waals surface area contributed by atoms with Gasteiger partial charge in [0.15, 0.2) is 0 Å². The van der Waals surface area contributed by atoms with E-state index in [1.54, 1.807) is 0 Å². The van der Waals surface area contributed by atoms with Crippen LogP contribution in [-0.2, 0) is 6.18 Å². The van der Waals surface area contributed by atoms with Crippen molar-refractivity contribution in [3.63, 3.8) is 0 Å². The maximum atomic E-state index is 13.5. The summed E-state index contributed by atoms with van der Waals surface area (Å²) >= 11 is 0. The van der Waals surface area contributed by atoms with Gasteiger partial charge in [0.25, 0.3) is 0 Å². The molecule has 4 unspecified atom stereocenters. The SMILES string of the molecule is CC1=NNC2C=CC3=C(C4=C(CC(N)CC4)C(c4cn[nH]c4C(F)(F)F)N3)C12. The number of nitrogens with two attached hydrogens (primary N) is 1. The van der Waals surface area contributed by atoms with E-state index in [2.05, 4.69) is 26.0 Å². The first-order valence-electron chi connectivity index (χ1n) is 9.41. The molecule has 28 heavy (non-hydrogen) atoms. The topological polar surface area (TPSA) is 91.1 Å². The summed E-state index contributed by atoms with van der Waals surface area (Å²) in [5.41, 5.74) is 13.7. The van der Waals surface area contributed by atoms with E-state index in [4.69, 9.17) is 5.73 Å². The predicted molar refractivity (Wildman–Crippen MR) is 98.0 cm³/mol. The van der Waals surface area contributed by atoms with E-state index in [1.165, 1.54) is 6.20 Å². The van der Waals surface area contributed by atoms with Gasteiger partial charge in [0.1, 0.15) is 5.69 Å². The number of hydrogen-bond donors (Lipinski definition) is 4. The fraction of sp³-hybridized carbons (Fsp3) is 0.474. The molecule has 2 aliphatic carbocycles. The molecule has 2 aliphatic heterocycles. The van der Waals surface area contributed by atoms with Crippen LogP contribution in [0.5, 0.6) is 0 Å². The van der Waals surface area contributed by atoms with E-state index in [9.17, 15) is 13.2 Å². The molecule has 0 aromatic carbocycles. The highest BCUT2D eigenvalue weighted by Gasteiger charge is 2.44. The van der Waals surface area contributed by atoms with Crippen LogP contribution in [0.2, 0.25) is 0 Å². The minimum Gasteiger partial charge on any atom is -0.374 e. The Bertz CT molecular complexity index is 951. The van der Waals surface area contributed by atoms with Crippen LogP contribution in [0.1, 0.15) is 43.5 Å². The lowest BCUT2D eigenvalue weighted by atomic mass is 9.70. The largest absolute Gasteiger partial charge is 0.433 e. The molecule has 0 bridgehead atoms. The molecule has 1 aromatic rings. The summed E-state index contributed by atoms with van der Waals surface area (Å²) in [6.07, 6.45) is 2.91. The highest BCUT2D eigenvalue weighted by molar-refractivity contribution is 5.91. The van der Waals surface area contributed by atoms with Crippen LogP contribution in [0.25, 0.3) is 0 Å². The summed E-state index contributed by atoms with van der Waals surface area (Å²) in [4.78, 5) is 0. The van der Waals surface area contributed by atoms with Gasteiger partial charge in [0, 0.05) is 23.0 Å². The van der Waals surface area contributed by atoms with Gasteiger partial charge in [-0.05, 0) is 49.0 Å². The highest BCUT2D eigenvalue weighted by Crippen LogP contribution is 2.48. The van der Waals surface area contributed by atoms with Gasteiger partial charge in [0.2, 0.25) is 0 Å². The summed E-state index contributed by atoms with van der Waals surface area (Å²) in [5.74, 6) is 0.0965. The van der Waals surface area contributed by atoms with Crippen LogP contribution in [0.3, 0.4) is 0 Å². The Kier molecular flexibility index (Phi) is 3.74. The fourth-order valence-corrected chi connectivity index (χ4v) is 4.90. The molecule has 0 radical (unpaired) electrons. The lowest BCUT2D eigenvalue weighted by Gasteiger charge is -2.41. The number of fused-ring (bicyclic) bond motifs is 3. The minimum atomic E-state index is -4.49. The number of H-pyrrole nitrogens is 1. The number of halogens is 3. The molecule has 1 aromatic heterocycles. The Balaban J connectivity index is 1.65. The van der Waals surface area contributed by atoms with Crippen molar-refractivity contribution >= 4 is 5.71 Å². The molecule has 0 saturated carbocycles. The average molecular weight is 390 g/mol. The number of allylic oxidation sites excluding steroid dienone is 2. The standard InChI is InChI=1S/C19H21F3N6/c1-8-15-14(27-26-8)5-4-13-16(15)10-3-2-9(23)6-11(10)17(25-13)12-7-24-28-18(12)19(20,21)22/h4-5,7,9,14-15,17,25,27H,2-3,6,23H2,1H3,(H,24,28). The number of nitrogens with one attached hydrogen (secondary N) is 3. The van der Waals surface area contributed by atoms with E-state index in [-0.39, 0.29) is 23.6 Å². The molecule has 6 nitrogen and oxygen atoms in total. The molecule has 4 atom stereocenters. The van der Waals surface area contributed by atoms with Crippen molar-refractivity contribution in [3.8, 4) is 0 Å². The quantitative estimate of drug-likeness (QED) is 0.593. The Morgan fingerprint density at radius 2 is 2.11 bits per heavy atom. The fourth-order valence-electron chi connectivity index (χ4n) is 4.90. The maximum Gasteiger partial charge on any atom is 0.433 e. The molecular formula is C19H21F3N6. The van der Waals surface area contributed by atoms with Crippen molar-refractivity contribution in [1.29, 1.82) is 0 Å². The first-order valence-corrected chi connectivity index (χ1v) is 9.41. The Labute approximate surface area is 159 Å². The van der Waals surface area contributed by atoms with Crippen molar-refractivity contribution in [2.45, 2.75) is 50.5 Å². The van der Waals surface area contributed by atoms with Gasteiger partial charge in [-0.3, -0.25) is 5.10 Å². The van der Waals surface area contributed by atoms with Gasteiger partial charge in [-0.15, -0.1) is 0 Å². The second-order valence-corrected chi connectivity index (χ2v) is 7.85. The molecule has 5 N–H and O–H groups in total. The number of aromatic amines is 1. The third-order valence-electron chi connectivity index (χ3n) is 6.14. The first kappa shape index (κ1) is 17.5. The number of hydrazone groups is 1. The van der Waals surface area contributed by atoms with Crippen LogP contribution in [0, 0.1) is 5.92 Å². The van der Waals surface area contributed by atoms with Gasteiger partial charge >= 0.3 is 6.18 Å². The number of dihydropyridines is 1. The van der Waals surface area contributed by atoms with E-state index >= 15 is 0 Å². The summed E-state index contributed by atoms with van der Waals surface area (Å²) in [6, 6.07) is -0.567. The van der Waals surface area contributed by atoms with E-state index in [0.29, 0.717) is 6.42 Å². The number of nitrogens with zero attached hydrogens (tertiary/aromatic N) is 2. The Morgan fingerprint density at radius 3 is 2.89 bits per heavy atom. The Morgan fingerprint density at radius 1 is 1.29 bits per heavy atom. The van der Waals surface area contributed by atoms with Crippen molar-refractivity contribution in [3.05, 3.63) is 52.0 Å².